The molecule has 1 rings (SSSR count). The zero-order chi connectivity index (χ0) is 10.6. The van der Waals surface area contributed by atoms with Gasteiger partial charge < -0.3 is 5.11 Å². The lowest BCUT2D eigenvalue weighted by Crippen LogP contribution is -2.42. The minimum atomic E-state index is -0.706. The molecule has 0 aliphatic carbocycles. The third kappa shape index (κ3) is 3.17. The molecule has 1 heterocycles. The standard InChI is InChI=1S/C10H19NO2S/c1-3-5-11(7-10(12)13)9-4-6-14-8(9)2/h8-9H,3-7H2,1-2H3,(H,12,13). The van der Waals surface area contributed by atoms with Gasteiger partial charge in [-0.05, 0) is 25.1 Å². The molecule has 1 N–H and O–H groups in total. The highest BCUT2D eigenvalue weighted by Gasteiger charge is 2.29. The van der Waals surface area contributed by atoms with Crippen LogP contribution in [0.4, 0.5) is 0 Å². The molecule has 4 heteroatoms. The van der Waals surface area contributed by atoms with Crippen LogP contribution >= 0.6 is 11.8 Å². The summed E-state index contributed by atoms with van der Waals surface area (Å²) in [6.45, 7) is 5.40. The second-order valence-corrected chi connectivity index (χ2v) is 5.28. The minimum absolute atomic E-state index is 0.198. The molecule has 0 amide bonds. The van der Waals surface area contributed by atoms with Crippen LogP contribution in [0.15, 0.2) is 0 Å². The summed E-state index contributed by atoms with van der Waals surface area (Å²) in [6, 6.07) is 0.469. The van der Waals surface area contributed by atoms with Crippen LogP contribution in [-0.2, 0) is 4.79 Å². The average molecular weight is 217 g/mol. The van der Waals surface area contributed by atoms with Crippen LogP contribution in [0.25, 0.3) is 0 Å². The Bertz CT molecular complexity index is 199. The second-order valence-electron chi connectivity index (χ2n) is 3.80. The zero-order valence-electron chi connectivity index (χ0n) is 8.90. The normalized spacial score (nSPS) is 27.1. The third-order valence-electron chi connectivity index (χ3n) is 2.65. The Morgan fingerprint density at radius 1 is 1.64 bits per heavy atom. The van der Waals surface area contributed by atoms with E-state index in [0.717, 1.165) is 19.4 Å². The molecule has 0 bridgehead atoms. The van der Waals surface area contributed by atoms with E-state index in [4.69, 9.17) is 5.11 Å². The average Bonchev–Trinajstić information content (AvgIpc) is 2.50. The van der Waals surface area contributed by atoms with Crippen molar-refractivity contribution in [3.8, 4) is 0 Å². The number of aliphatic carboxylic acids is 1. The largest absolute Gasteiger partial charge is 0.480 e. The third-order valence-corrected chi connectivity index (χ3v) is 3.97. The first-order valence-electron chi connectivity index (χ1n) is 5.22. The van der Waals surface area contributed by atoms with Gasteiger partial charge in [0, 0.05) is 11.3 Å². The molecular weight excluding hydrogens is 198 g/mol. The van der Waals surface area contributed by atoms with Crippen LogP contribution < -0.4 is 0 Å². The van der Waals surface area contributed by atoms with Gasteiger partial charge in [0.25, 0.3) is 0 Å². The van der Waals surface area contributed by atoms with E-state index >= 15 is 0 Å². The van der Waals surface area contributed by atoms with E-state index in [1.54, 1.807) is 0 Å². The van der Waals surface area contributed by atoms with Gasteiger partial charge in [0.1, 0.15) is 0 Å². The summed E-state index contributed by atoms with van der Waals surface area (Å²) in [7, 11) is 0. The maximum Gasteiger partial charge on any atom is 0.317 e. The van der Waals surface area contributed by atoms with Crippen molar-refractivity contribution in [1.82, 2.24) is 4.90 Å². The fraction of sp³-hybridized carbons (Fsp3) is 0.900. The molecule has 2 atom stereocenters. The minimum Gasteiger partial charge on any atom is -0.480 e. The molecule has 0 aromatic heterocycles. The second kappa shape index (κ2) is 5.61. The van der Waals surface area contributed by atoms with E-state index in [0.29, 0.717) is 11.3 Å². The first-order valence-corrected chi connectivity index (χ1v) is 6.27. The van der Waals surface area contributed by atoms with E-state index in [2.05, 4.69) is 18.7 Å². The highest BCUT2D eigenvalue weighted by atomic mass is 32.2. The van der Waals surface area contributed by atoms with Crippen molar-refractivity contribution in [2.45, 2.75) is 38.0 Å². The zero-order valence-corrected chi connectivity index (χ0v) is 9.72. The van der Waals surface area contributed by atoms with Crippen LogP contribution in [0.3, 0.4) is 0 Å². The Kier molecular flexibility index (Phi) is 4.75. The van der Waals surface area contributed by atoms with Gasteiger partial charge in [0.15, 0.2) is 0 Å². The molecule has 1 aliphatic rings. The van der Waals surface area contributed by atoms with Gasteiger partial charge in [-0.2, -0.15) is 11.8 Å². The molecule has 0 spiro atoms. The summed E-state index contributed by atoms with van der Waals surface area (Å²) >= 11 is 1.95. The number of carbonyl (C=O) groups is 1. The lowest BCUT2D eigenvalue weighted by Gasteiger charge is -2.29. The van der Waals surface area contributed by atoms with Gasteiger partial charge in [-0.15, -0.1) is 0 Å². The Hall–Kier alpha value is -0.220. The van der Waals surface area contributed by atoms with Gasteiger partial charge in [0.2, 0.25) is 0 Å². The maximum absolute atomic E-state index is 10.7. The SMILES string of the molecule is CCCN(CC(=O)O)C1CCSC1C. The van der Waals surface area contributed by atoms with Crippen molar-refractivity contribution in [3.63, 3.8) is 0 Å². The highest BCUT2D eigenvalue weighted by molar-refractivity contribution is 8.00. The van der Waals surface area contributed by atoms with Crippen LogP contribution in [0, 0.1) is 0 Å². The van der Waals surface area contributed by atoms with Crippen LogP contribution in [-0.4, -0.2) is 46.1 Å². The number of hydrogen-bond donors (Lipinski definition) is 1. The lowest BCUT2D eigenvalue weighted by atomic mass is 10.1. The molecule has 0 saturated carbocycles. The number of carboxylic acids is 1. The summed E-state index contributed by atoms with van der Waals surface area (Å²) in [6.07, 6.45) is 2.17. The first-order chi connectivity index (χ1) is 6.65. The van der Waals surface area contributed by atoms with E-state index in [9.17, 15) is 4.79 Å². The quantitative estimate of drug-likeness (QED) is 0.760. The van der Waals surface area contributed by atoms with E-state index in [-0.39, 0.29) is 6.54 Å². The predicted molar refractivity (Wildman–Crippen MR) is 59.8 cm³/mol. The summed E-state index contributed by atoms with van der Waals surface area (Å²) in [5, 5.41) is 9.39. The number of carboxylic acid groups (broad SMARTS) is 1. The van der Waals surface area contributed by atoms with Crippen molar-refractivity contribution in [1.29, 1.82) is 0 Å². The smallest absolute Gasteiger partial charge is 0.317 e. The van der Waals surface area contributed by atoms with Crippen molar-refractivity contribution >= 4 is 17.7 Å². The van der Waals surface area contributed by atoms with Crippen molar-refractivity contribution in [3.05, 3.63) is 0 Å². The molecule has 14 heavy (non-hydrogen) atoms. The number of hydrogen-bond acceptors (Lipinski definition) is 3. The molecule has 3 nitrogen and oxygen atoms in total. The fourth-order valence-electron chi connectivity index (χ4n) is 2.02. The van der Waals surface area contributed by atoms with Crippen molar-refractivity contribution in [2.24, 2.45) is 0 Å². The predicted octanol–water partition coefficient (Wildman–Crippen LogP) is 1.68. The van der Waals surface area contributed by atoms with Crippen LogP contribution in [0.2, 0.25) is 0 Å². The van der Waals surface area contributed by atoms with Crippen LogP contribution in [0.5, 0.6) is 0 Å². The number of thioether (sulfide) groups is 1. The molecule has 0 radical (unpaired) electrons. The highest BCUT2D eigenvalue weighted by Crippen LogP contribution is 2.30. The van der Waals surface area contributed by atoms with E-state index in [1.807, 2.05) is 11.8 Å². The lowest BCUT2D eigenvalue weighted by molar-refractivity contribution is -0.138. The van der Waals surface area contributed by atoms with E-state index < -0.39 is 5.97 Å². The molecule has 0 aromatic rings. The maximum atomic E-state index is 10.7. The topological polar surface area (TPSA) is 40.5 Å². The van der Waals surface area contributed by atoms with Gasteiger partial charge in [0.05, 0.1) is 6.54 Å². The number of nitrogens with zero attached hydrogens (tertiary/aromatic N) is 1. The van der Waals surface area contributed by atoms with Gasteiger partial charge in [-0.25, -0.2) is 0 Å². The Morgan fingerprint density at radius 2 is 2.36 bits per heavy atom. The van der Waals surface area contributed by atoms with Crippen molar-refractivity contribution in [2.75, 3.05) is 18.8 Å². The van der Waals surface area contributed by atoms with Gasteiger partial charge in [-0.1, -0.05) is 13.8 Å². The van der Waals surface area contributed by atoms with Gasteiger partial charge >= 0.3 is 5.97 Å². The molecule has 1 fully saturated rings. The number of rotatable bonds is 5. The summed E-state index contributed by atoms with van der Waals surface area (Å²) in [5.41, 5.74) is 0. The summed E-state index contributed by atoms with van der Waals surface area (Å²) in [4.78, 5) is 12.8. The Balaban J connectivity index is 2.51. The summed E-state index contributed by atoms with van der Waals surface area (Å²) in [5.74, 6) is 0.466. The Labute approximate surface area is 89.9 Å². The summed E-state index contributed by atoms with van der Waals surface area (Å²) < 4.78 is 0. The molecule has 0 aromatic carbocycles. The van der Waals surface area contributed by atoms with Gasteiger partial charge in [-0.3, -0.25) is 9.69 Å². The molecule has 1 aliphatic heterocycles. The molecule has 82 valence electrons. The van der Waals surface area contributed by atoms with E-state index in [1.165, 1.54) is 5.75 Å². The molecule has 2 unspecified atom stereocenters. The molecular formula is C10H19NO2S. The first kappa shape index (κ1) is 11.9. The van der Waals surface area contributed by atoms with Crippen LogP contribution in [0.1, 0.15) is 26.7 Å². The van der Waals surface area contributed by atoms with Crippen molar-refractivity contribution < 1.29 is 9.90 Å². The Morgan fingerprint density at radius 3 is 2.79 bits per heavy atom. The molecule has 1 saturated heterocycles. The monoisotopic (exact) mass is 217 g/mol. The fourth-order valence-corrected chi connectivity index (χ4v) is 3.30.